The van der Waals surface area contributed by atoms with Crippen LogP contribution < -0.4 is 5.73 Å². The van der Waals surface area contributed by atoms with Crippen LogP contribution in [-0.2, 0) is 6.50 Å². The first-order valence-corrected chi connectivity index (χ1v) is 5.76. The third kappa shape index (κ3) is 2.70. The van der Waals surface area contributed by atoms with Crippen molar-refractivity contribution in [1.82, 2.24) is 9.78 Å². The molecule has 2 rings (SSSR count). The van der Waals surface area contributed by atoms with Gasteiger partial charge in [0.05, 0.1) is 25.5 Å². The molecule has 0 saturated carbocycles. The molecule has 0 bridgehead atoms. The van der Waals surface area contributed by atoms with E-state index in [9.17, 15) is 0 Å². The third-order valence-corrected chi connectivity index (χ3v) is 2.62. The van der Waals surface area contributed by atoms with Crippen molar-refractivity contribution in [2.45, 2.75) is 19.5 Å². The van der Waals surface area contributed by atoms with Crippen LogP contribution in [0, 0.1) is 11.3 Å². The molecule has 1 heterocycles. The lowest BCUT2D eigenvalue weighted by atomic mass is 10.1. The molecule has 1 atom stereocenters. The number of nitrogens with zero attached hydrogens (tertiary/aromatic N) is 3. The highest BCUT2D eigenvalue weighted by molar-refractivity contribution is 6.32. The van der Waals surface area contributed by atoms with Gasteiger partial charge >= 0.3 is 0 Å². The first kappa shape index (κ1) is 10.1. The molecular formula is C13H13ClN4. The SMILES string of the molecule is [2H]C([2H])([C@H](C)N)n1ccc(-c2ccc(C#N)c(Cl)c2)n1. The number of hydrogen-bond acceptors (Lipinski definition) is 3. The maximum absolute atomic E-state index is 8.83. The Labute approximate surface area is 113 Å². The van der Waals surface area contributed by atoms with E-state index in [1.807, 2.05) is 6.07 Å². The van der Waals surface area contributed by atoms with Gasteiger partial charge in [-0.25, -0.2) is 0 Å². The summed E-state index contributed by atoms with van der Waals surface area (Å²) in [5.74, 6) is 0. The fraction of sp³-hybridized carbons (Fsp3) is 0.231. The Balaban J connectivity index is 2.39. The molecule has 2 N–H and O–H groups in total. The summed E-state index contributed by atoms with van der Waals surface area (Å²) in [7, 11) is 0. The van der Waals surface area contributed by atoms with E-state index < -0.39 is 12.5 Å². The molecule has 0 aliphatic rings. The molecule has 0 unspecified atom stereocenters. The largest absolute Gasteiger partial charge is 0.326 e. The molecule has 5 heteroatoms. The average Bonchev–Trinajstić information content (AvgIpc) is 2.88. The van der Waals surface area contributed by atoms with Crippen molar-refractivity contribution in [2.75, 3.05) is 0 Å². The maximum Gasteiger partial charge on any atom is 0.101 e. The number of aromatic nitrogens is 2. The van der Waals surface area contributed by atoms with Gasteiger partial charge in [0.2, 0.25) is 0 Å². The maximum atomic E-state index is 8.83. The van der Waals surface area contributed by atoms with Gasteiger partial charge < -0.3 is 5.73 Å². The molecule has 0 fully saturated rings. The van der Waals surface area contributed by atoms with E-state index >= 15 is 0 Å². The van der Waals surface area contributed by atoms with E-state index in [1.54, 1.807) is 31.2 Å². The molecule has 1 aromatic heterocycles. The Morgan fingerprint density at radius 2 is 2.39 bits per heavy atom. The number of rotatable bonds is 3. The Morgan fingerprint density at radius 1 is 1.61 bits per heavy atom. The standard InChI is InChI=1S/C13H13ClN4/c1-9(16)8-18-5-4-13(17-18)10-2-3-11(7-15)12(14)6-10/h2-6,9H,8,16H2,1H3/t9-/m0/s1/i8D2. The van der Waals surface area contributed by atoms with Gasteiger partial charge in [-0.1, -0.05) is 17.7 Å². The molecule has 4 nitrogen and oxygen atoms in total. The summed E-state index contributed by atoms with van der Waals surface area (Å²) >= 11 is 5.98. The molecule has 0 amide bonds. The summed E-state index contributed by atoms with van der Waals surface area (Å²) < 4.78 is 16.9. The summed E-state index contributed by atoms with van der Waals surface area (Å²) in [4.78, 5) is 0. The number of halogens is 1. The summed E-state index contributed by atoms with van der Waals surface area (Å²) in [6.45, 7) is -0.186. The van der Waals surface area contributed by atoms with Gasteiger partial charge in [-0.3, -0.25) is 4.68 Å². The van der Waals surface area contributed by atoms with E-state index in [4.69, 9.17) is 25.3 Å². The molecule has 0 aliphatic carbocycles. The smallest absolute Gasteiger partial charge is 0.101 e. The van der Waals surface area contributed by atoms with E-state index in [0.29, 0.717) is 21.8 Å². The molecule has 18 heavy (non-hydrogen) atoms. The minimum atomic E-state index is -1.77. The second-order valence-corrected chi connectivity index (χ2v) is 4.28. The van der Waals surface area contributed by atoms with Crippen molar-refractivity contribution >= 4 is 11.6 Å². The van der Waals surface area contributed by atoms with Crippen molar-refractivity contribution < 1.29 is 2.74 Å². The Morgan fingerprint density at radius 3 is 3.00 bits per heavy atom. The van der Waals surface area contributed by atoms with Crippen molar-refractivity contribution in [3.05, 3.63) is 41.0 Å². The van der Waals surface area contributed by atoms with Crippen LogP contribution in [0.25, 0.3) is 11.3 Å². The van der Waals surface area contributed by atoms with Gasteiger partial charge in [-0.05, 0) is 25.1 Å². The van der Waals surface area contributed by atoms with E-state index in [1.165, 1.54) is 10.9 Å². The Kier molecular flexibility index (Phi) is 2.93. The van der Waals surface area contributed by atoms with Crippen LogP contribution in [0.15, 0.2) is 30.5 Å². The minimum Gasteiger partial charge on any atom is -0.326 e. The number of benzene rings is 1. The summed E-state index contributed by atoms with van der Waals surface area (Å²) in [5.41, 5.74) is 7.29. The van der Waals surface area contributed by atoms with Crippen molar-refractivity contribution in [1.29, 1.82) is 5.26 Å². The van der Waals surface area contributed by atoms with Gasteiger partial charge in [0.15, 0.2) is 0 Å². The van der Waals surface area contributed by atoms with Crippen LogP contribution in [0.5, 0.6) is 0 Å². The lowest BCUT2D eigenvalue weighted by Gasteiger charge is -2.04. The van der Waals surface area contributed by atoms with Gasteiger partial charge in [0, 0.05) is 17.8 Å². The topological polar surface area (TPSA) is 67.6 Å². The number of nitrogens with two attached hydrogens (primary N) is 1. The summed E-state index contributed by atoms with van der Waals surface area (Å²) in [5, 5.41) is 13.4. The first-order chi connectivity index (χ1) is 9.36. The minimum absolute atomic E-state index is 0.342. The van der Waals surface area contributed by atoms with Crippen LogP contribution in [0.3, 0.4) is 0 Å². The quantitative estimate of drug-likeness (QED) is 0.924. The predicted molar refractivity (Wildman–Crippen MR) is 71.0 cm³/mol. The third-order valence-electron chi connectivity index (χ3n) is 2.31. The first-order valence-electron chi connectivity index (χ1n) is 6.38. The zero-order chi connectivity index (χ0) is 14.9. The molecule has 0 aliphatic heterocycles. The summed E-state index contributed by atoms with van der Waals surface area (Å²) in [6.07, 6.45) is 1.53. The van der Waals surface area contributed by atoms with Gasteiger partial charge in [0.1, 0.15) is 6.07 Å². The van der Waals surface area contributed by atoms with E-state index in [0.717, 1.165) is 0 Å². The Hall–Kier alpha value is -1.83. The van der Waals surface area contributed by atoms with Crippen LogP contribution in [-0.4, -0.2) is 15.8 Å². The second kappa shape index (κ2) is 5.21. The number of nitriles is 1. The fourth-order valence-corrected chi connectivity index (χ4v) is 1.75. The van der Waals surface area contributed by atoms with Crippen LogP contribution >= 0.6 is 11.6 Å². The van der Waals surface area contributed by atoms with E-state index in [-0.39, 0.29) is 0 Å². The van der Waals surface area contributed by atoms with Crippen LogP contribution in [0.4, 0.5) is 0 Å². The van der Waals surface area contributed by atoms with Crippen LogP contribution in [0.2, 0.25) is 5.02 Å². The molecule has 0 radical (unpaired) electrons. The van der Waals surface area contributed by atoms with E-state index in [2.05, 4.69) is 5.10 Å². The van der Waals surface area contributed by atoms with Gasteiger partial charge in [0.25, 0.3) is 0 Å². The molecule has 1 aromatic carbocycles. The molecule has 0 spiro atoms. The van der Waals surface area contributed by atoms with Crippen molar-refractivity contribution in [2.24, 2.45) is 5.73 Å². The lowest BCUT2D eigenvalue weighted by molar-refractivity contribution is 0.540. The van der Waals surface area contributed by atoms with Crippen LogP contribution in [0.1, 0.15) is 15.2 Å². The number of hydrogen-bond donors (Lipinski definition) is 1. The highest BCUT2D eigenvalue weighted by Crippen LogP contribution is 2.24. The highest BCUT2D eigenvalue weighted by atomic mass is 35.5. The van der Waals surface area contributed by atoms with Gasteiger partial charge in [-0.2, -0.15) is 10.4 Å². The average molecular weight is 263 g/mol. The zero-order valence-corrected chi connectivity index (χ0v) is 10.5. The highest BCUT2D eigenvalue weighted by Gasteiger charge is 2.06. The molecular weight excluding hydrogens is 248 g/mol. The molecule has 92 valence electrons. The zero-order valence-electron chi connectivity index (χ0n) is 11.8. The fourth-order valence-electron chi connectivity index (χ4n) is 1.52. The monoisotopic (exact) mass is 262 g/mol. The Bertz CT molecular complexity index is 673. The van der Waals surface area contributed by atoms with Gasteiger partial charge in [-0.15, -0.1) is 0 Å². The predicted octanol–water partition coefficient (Wildman–Crippen LogP) is 2.42. The van der Waals surface area contributed by atoms with Crippen molar-refractivity contribution in [3.8, 4) is 17.3 Å². The van der Waals surface area contributed by atoms with Crippen molar-refractivity contribution in [3.63, 3.8) is 0 Å². The summed E-state index contributed by atoms with van der Waals surface area (Å²) in [6, 6.07) is 7.93. The second-order valence-electron chi connectivity index (χ2n) is 3.87. The normalized spacial score (nSPS) is 14.6. The molecule has 2 aromatic rings. The molecule has 0 saturated heterocycles. The lowest BCUT2D eigenvalue weighted by Crippen LogP contribution is -2.22.